The second kappa shape index (κ2) is 7.84. The summed E-state index contributed by atoms with van der Waals surface area (Å²) in [5, 5.41) is 6.11. The minimum absolute atomic E-state index is 0.00575. The number of hydrogen-bond acceptors (Lipinski definition) is 5. The Kier molecular flexibility index (Phi) is 5.55. The zero-order valence-electron chi connectivity index (χ0n) is 14.9. The smallest absolute Gasteiger partial charge is 0.254 e. The average molecular weight is 346 g/mol. The summed E-state index contributed by atoms with van der Waals surface area (Å²) in [4.78, 5) is 29.2. The molecule has 0 aromatic heterocycles. The fraction of sp³-hybridized carbons (Fsp3) is 0.556. The number of hydrogen-bond donors (Lipinski definition) is 2. The zero-order valence-corrected chi connectivity index (χ0v) is 14.9. The molecule has 2 amide bonds. The molecule has 2 heterocycles. The molecule has 136 valence electrons. The van der Waals surface area contributed by atoms with Crippen LogP contribution >= 0.6 is 0 Å². The van der Waals surface area contributed by atoms with E-state index in [4.69, 9.17) is 4.74 Å². The predicted octanol–water partition coefficient (Wildman–Crippen LogP) is 0.631. The summed E-state index contributed by atoms with van der Waals surface area (Å²) in [6, 6.07) is 5.22. The number of carbonyl (C=O) groups excluding carboxylic acids is 2. The van der Waals surface area contributed by atoms with Gasteiger partial charge in [0.1, 0.15) is 5.75 Å². The Bertz CT molecular complexity index is 635. The lowest BCUT2D eigenvalue weighted by Gasteiger charge is -2.32. The van der Waals surface area contributed by atoms with Gasteiger partial charge in [-0.2, -0.15) is 0 Å². The van der Waals surface area contributed by atoms with Crippen LogP contribution in [0.25, 0.3) is 0 Å². The summed E-state index contributed by atoms with van der Waals surface area (Å²) in [5.74, 6) is 0.484. The number of methoxy groups -OCH3 is 1. The number of nitrogens with one attached hydrogen (secondary N) is 2. The average Bonchev–Trinajstić information content (AvgIpc) is 3.16. The molecule has 1 unspecified atom stereocenters. The number of anilines is 1. The standard InChI is InChI=1S/C18H26N4O3/c1-21-7-9-22(10-8-21)18(24)13-3-4-16(25-2)15(11-13)20-17(23)14-5-6-19-12-14/h3-4,11,14,19H,5-10,12H2,1-2H3,(H,20,23). The Morgan fingerprint density at radius 1 is 1.24 bits per heavy atom. The molecule has 2 N–H and O–H groups in total. The largest absolute Gasteiger partial charge is 0.495 e. The van der Waals surface area contributed by atoms with Crippen LogP contribution in [0.1, 0.15) is 16.8 Å². The van der Waals surface area contributed by atoms with Crippen molar-refractivity contribution in [1.82, 2.24) is 15.1 Å². The summed E-state index contributed by atoms with van der Waals surface area (Å²) < 4.78 is 5.34. The maximum atomic E-state index is 12.7. The normalized spacial score (nSPS) is 21.2. The van der Waals surface area contributed by atoms with Crippen molar-refractivity contribution in [1.29, 1.82) is 0 Å². The highest BCUT2D eigenvalue weighted by Crippen LogP contribution is 2.27. The van der Waals surface area contributed by atoms with E-state index >= 15 is 0 Å². The fourth-order valence-corrected chi connectivity index (χ4v) is 3.24. The molecule has 2 aliphatic heterocycles. The van der Waals surface area contributed by atoms with Crippen molar-refractivity contribution >= 4 is 17.5 Å². The van der Waals surface area contributed by atoms with Crippen LogP contribution in [0.5, 0.6) is 5.75 Å². The van der Waals surface area contributed by atoms with Crippen molar-refractivity contribution in [2.75, 3.05) is 58.7 Å². The van der Waals surface area contributed by atoms with Gasteiger partial charge in [0, 0.05) is 38.3 Å². The number of rotatable bonds is 4. The maximum absolute atomic E-state index is 12.7. The quantitative estimate of drug-likeness (QED) is 0.837. The van der Waals surface area contributed by atoms with Crippen molar-refractivity contribution in [3.05, 3.63) is 23.8 Å². The summed E-state index contributed by atoms with van der Waals surface area (Å²) in [7, 11) is 3.62. The molecule has 2 saturated heterocycles. The van der Waals surface area contributed by atoms with E-state index in [0.717, 1.165) is 39.1 Å². The molecule has 1 aromatic carbocycles. The van der Waals surface area contributed by atoms with Gasteiger partial charge in [-0.15, -0.1) is 0 Å². The van der Waals surface area contributed by atoms with E-state index in [2.05, 4.69) is 22.6 Å². The van der Waals surface area contributed by atoms with Gasteiger partial charge in [-0.3, -0.25) is 9.59 Å². The number of benzene rings is 1. The molecule has 0 radical (unpaired) electrons. The molecular formula is C18H26N4O3. The monoisotopic (exact) mass is 346 g/mol. The number of amides is 2. The zero-order chi connectivity index (χ0) is 17.8. The Labute approximate surface area is 148 Å². The van der Waals surface area contributed by atoms with Crippen LogP contribution in [0.4, 0.5) is 5.69 Å². The minimum Gasteiger partial charge on any atom is -0.495 e. The van der Waals surface area contributed by atoms with Gasteiger partial charge in [0.05, 0.1) is 18.7 Å². The molecule has 2 aliphatic rings. The molecule has 3 rings (SSSR count). The number of ether oxygens (including phenoxy) is 1. The van der Waals surface area contributed by atoms with Crippen LogP contribution in [0.15, 0.2) is 18.2 Å². The molecular weight excluding hydrogens is 320 g/mol. The molecule has 7 nitrogen and oxygen atoms in total. The van der Waals surface area contributed by atoms with Crippen molar-refractivity contribution in [2.24, 2.45) is 5.92 Å². The number of piperazine rings is 1. The molecule has 2 fully saturated rings. The predicted molar refractivity (Wildman–Crippen MR) is 96.0 cm³/mol. The van der Waals surface area contributed by atoms with Gasteiger partial charge < -0.3 is 25.2 Å². The van der Waals surface area contributed by atoms with Crippen LogP contribution in [0, 0.1) is 5.92 Å². The lowest BCUT2D eigenvalue weighted by Crippen LogP contribution is -2.47. The van der Waals surface area contributed by atoms with E-state index in [1.165, 1.54) is 0 Å². The fourth-order valence-electron chi connectivity index (χ4n) is 3.24. The Morgan fingerprint density at radius 3 is 2.64 bits per heavy atom. The Morgan fingerprint density at radius 2 is 2.00 bits per heavy atom. The van der Waals surface area contributed by atoms with Crippen molar-refractivity contribution < 1.29 is 14.3 Å². The topological polar surface area (TPSA) is 73.9 Å². The van der Waals surface area contributed by atoms with Gasteiger partial charge in [0.2, 0.25) is 5.91 Å². The summed E-state index contributed by atoms with van der Waals surface area (Å²) in [6.07, 6.45) is 0.827. The lowest BCUT2D eigenvalue weighted by atomic mass is 10.1. The molecule has 0 saturated carbocycles. The first-order valence-corrected chi connectivity index (χ1v) is 8.76. The van der Waals surface area contributed by atoms with E-state index < -0.39 is 0 Å². The van der Waals surface area contributed by atoms with Gasteiger partial charge >= 0.3 is 0 Å². The number of nitrogens with zero attached hydrogens (tertiary/aromatic N) is 2. The minimum atomic E-state index is -0.0401. The molecule has 0 aliphatic carbocycles. The van der Waals surface area contributed by atoms with Crippen LogP contribution in [-0.4, -0.2) is 75.0 Å². The third-order valence-corrected chi connectivity index (χ3v) is 4.93. The van der Waals surface area contributed by atoms with E-state index in [9.17, 15) is 9.59 Å². The SMILES string of the molecule is COc1ccc(C(=O)N2CCN(C)CC2)cc1NC(=O)C1CCNC1. The highest BCUT2D eigenvalue weighted by molar-refractivity contribution is 5.99. The van der Waals surface area contributed by atoms with E-state index in [0.29, 0.717) is 23.5 Å². The highest BCUT2D eigenvalue weighted by atomic mass is 16.5. The van der Waals surface area contributed by atoms with Crippen LogP contribution in [0.3, 0.4) is 0 Å². The second-order valence-corrected chi connectivity index (χ2v) is 6.69. The van der Waals surface area contributed by atoms with E-state index in [1.54, 1.807) is 25.3 Å². The lowest BCUT2D eigenvalue weighted by molar-refractivity contribution is -0.119. The van der Waals surface area contributed by atoms with Crippen molar-refractivity contribution in [3.8, 4) is 5.75 Å². The summed E-state index contributed by atoms with van der Waals surface area (Å²) in [5.41, 5.74) is 1.13. The van der Waals surface area contributed by atoms with E-state index in [-0.39, 0.29) is 17.7 Å². The molecule has 0 spiro atoms. The molecule has 0 bridgehead atoms. The first-order chi connectivity index (χ1) is 12.1. The van der Waals surface area contributed by atoms with Gasteiger partial charge in [0.25, 0.3) is 5.91 Å². The Hall–Kier alpha value is -2.12. The van der Waals surface area contributed by atoms with Crippen molar-refractivity contribution in [2.45, 2.75) is 6.42 Å². The summed E-state index contributed by atoms with van der Waals surface area (Å²) >= 11 is 0. The first-order valence-electron chi connectivity index (χ1n) is 8.76. The molecule has 1 atom stereocenters. The van der Waals surface area contributed by atoms with Crippen LogP contribution < -0.4 is 15.4 Å². The highest BCUT2D eigenvalue weighted by Gasteiger charge is 2.25. The van der Waals surface area contributed by atoms with Crippen LogP contribution in [-0.2, 0) is 4.79 Å². The molecule has 1 aromatic rings. The first kappa shape index (κ1) is 17.7. The summed E-state index contributed by atoms with van der Waals surface area (Å²) in [6.45, 7) is 4.74. The Balaban J connectivity index is 1.74. The van der Waals surface area contributed by atoms with Gasteiger partial charge in [0.15, 0.2) is 0 Å². The third kappa shape index (κ3) is 4.11. The molecule has 25 heavy (non-hydrogen) atoms. The van der Waals surface area contributed by atoms with Crippen molar-refractivity contribution in [3.63, 3.8) is 0 Å². The van der Waals surface area contributed by atoms with E-state index in [1.807, 2.05) is 4.90 Å². The number of carbonyl (C=O) groups is 2. The van der Waals surface area contributed by atoms with Gasteiger partial charge in [-0.1, -0.05) is 0 Å². The third-order valence-electron chi connectivity index (χ3n) is 4.93. The number of likely N-dealkylation sites (N-methyl/N-ethyl adjacent to an activating group) is 1. The van der Waals surface area contributed by atoms with Crippen LogP contribution in [0.2, 0.25) is 0 Å². The molecule has 7 heteroatoms. The van der Waals surface area contributed by atoms with Gasteiger partial charge in [-0.05, 0) is 38.2 Å². The second-order valence-electron chi connectivity index (χ2n) is 6.69. The maximum Gasteiger partial charge on any atom is 0.254 e. The van der Waals surface area contributed by atoms with Gasteiger partial charge in [-0.25, -0.2) is 0 Å².